The summed E-state index contributed by atoms with van der Waals surface area (Å²) in [6, 6.07) is 14.3. The Morgan fingerprint density at radius 1 is 1.18 bits per heavy atom. The van der Waals surface area contributed by atoms with Crippen molar-refractivity contribution in [1.82, 2.24) is 15.1 Å². The summed E-state index contributed by atoms with van der Waals surface area (Å²) in [6.45, 7) is 3.27. The first-order valence-corrected chi connectivity index (χ1v) is 9.26. The third kappa shape index (κ3) is 5.33. The number of carbonyl (C=O) groups excluding carboxylic acids is 1. The molecule has 0 fully saturated rings. The number of rotatable bonds is 9. The van der Waals surface area contributed by atoms with Gasteiger partial charge in [-0.25, -0.2) is 4.68 Å². The lowest BCUT2D eigenvalue weighted by molar-refractivity contribution is -0.121. The third-order valence-corrected chi connectivity index (χ3v) is 4.14. The number of carbonyl (C=O) groups is 1. The standard InChI is InChI=1S/C21H23N3O4/c1-2-27-17-9-7-16(8-10-17)19-11-12-21(26)24(23-19)13-3-6-20(25)22-15-18-5-4-14-28-18/h4-5,7-12,14H,2-3,6,13,15H2,1H3,(H,22,25). The quantitative estimate of drug-likeness (QED) is 0.616. The lowest BCUT2D eigenvalue weighted by atomic mass is 10.1. The van der Waals surface area contributed by atoms with Crippen molar-refractivity contribution in [2.24, 2.45) is 0 Å². The van der Waals surface area contributed by atoms with Crippen LogP contribution >= 0.6 is 0 Å². The van der Waals surface area contributed by atoms with Crippen molar-refractivity contribution in [2.75, 3.05) is 6.61 Å². The van der Waals surface area contributed by atoms with Crippen LogP contribution < -0.4 is 15.6 Å². The first kappa shape index (κ1) is 19.4. The van der Waals surface area contributed by atoms with Gasteiger partial charge in [0.15, 0.2) is 0 Å². The number of aromatic nitrogens is 2. The molecule has 0 bridgehead atoms. The van der Waals surface area contributed by atoms with Gasteiger partial charge in [-0.1, -0.05) is 0 Å². The van der Waals surface area contributed by atoms with Gasteiger partial charge in [0.05, 0.1) is 25.1 Å². The number of aryl methyl sites for hydroxylation is 1. The Bertz CT molecular complexity index is 947. The minimum absolute atomic E-state index is 0.0906. The number of nitrogens with one attached hydrogen (secondary N) is 1. The van der Waals surface area contributed by atoms with E-state index < -0.39 is 0 Å². The fourth-order valence-electron chi connectivity index (χ4n) is 2.73. The SMILES string of the molecule is CCOc1ccc(-c2ccc(=O)n(CCCC(=O)NCc3ccco3)n2)cc1. The Hall–Kier alpha value is -3.35. The summed E-state index contributed by atoms with van der Waals surface area (Å²) in [6.07, 6.45) is 2.39. The van der Waals surface area contributed by atoms with Crippen LogP contribution in [0.15, 0.2) is 64.0 Å². The van der Waals surface area contributed by atoms with Crippen molar-refractivity contribution < 1.29 is 13.9 Å². The topological polar surface area (TPSA) is 86.4 Å². The molecule has 2 aromatic heterocycles. The van der Waals surface area contributed by atoms with Gasteiger partial charge < -0.3 is 14.5 Å². The maximum atomic E-state index is 12.1. The summed E-state index contributed by atoms with van der Waals surface area (Å²) in [5.74, 6) is 1.40. The van der Waals surface area contributed by atoms with E-state index in [4.69, 9.17) is 9.15 Å². The molecule has 0 spiro atoms. The number of furan rings is 1. The van der Waals surface area contributed by atoms with E-state index in [9.17, 15) is 9.59 Å². The second kappa shape index (κ2) is 9.55. The lowest BCUT2D eigenvalue weighted by Gasteiger charge is -2.08. The van der Waals surface area contributed by atoms with Crippen LogP contribution in [0.4, 0.5) is 0 Å². The van der Waals surface area contributed by atoms with E-state index in [-0.39, 0.29) is 11.5 Å². The molecule has 1 amide bonds. The summed E-state index contributed by atoms with van der Waals surface area (Å²) in [5.41, 5.74) is 1.41. The van der Waals surface area contributed by atoms with Crippen LogP contribution in [0, 0.1) is 0 Å². The van der Waals surface area contributed by atoms with Crippen LogP contribution in [0.3, 0.4) is 0 Å². The molecule has 0 aliphatic heterocycles. The van der Waals surface area contributed by atoms with Gasteiger partial charge in [-0.15, -0.1) is 0 Å². The zero-order chi connectivity index (χ0) is 19.8. The number of hydrogen-bond donors (Lipinski definition) is 1. The number of hydrogen-bond acceptors (Lipinski definition) is 5. The minimum atomic E-state index is -0.189. The van der Waals surface area contributed by atoms with Gasteiger partial charge in [-0.05, 0) is 55.8 Å². The van der Waals surface area contributed by atoms with E-state index >= 15 is 0 Å². The largest absolute Gasteiger partial charge is 0.494 e. The van der Waals surface area contributed by atoms with Crippen LogP contribution in [0.5, 0.6) is 5.75 Å². The molecule has 146 valence electrons. The van der Waals surface area contributed by atoms with Crippen molar-refractivity contribution in [3.05, 3.63) is 70.9 Å². The summed E-state index contributed by atoms with van der Waals surface area (Å²) in [5, 5.41) is 7.20. The predicted octanol–water partition coefficient (Wildman–Crippen LogP) is 3.00. The van der Waals surface area contributed by atoms with Gasteiger partial charge in [0.2, 0.25) is 5.91 Å². The van der Waals surface area contributed by atoms with Gasteiger partial charge in [0.1, 0.15) is 11.5 Å². The molecule has 3 rings (SSSR count). The highest BCUT2D eigenvalue weighted by Gasteiger charge is 2.07. The molecule has 0 saturated heterocycles. The van der Waals surface area contributed by atoms with Crippen molar-refractivity contribution in [3.63, 3.8) is 0 Å². The first-order valence-electron chi connectivity index (χ1n) is 9.26. The smallest absolute Gasteiger partial charge is 0.266 e. The summed E-state index contributed by atoms with van der Waals surface area (Å²) in [4.78, 5) is 24.0. The van der Waals surface area contributed by atoms with E-state index in [2.05, 4.69) is 10.4 Å². The fourth-order valence-corrected chi connectivity index (χ4v) is 2.73. The Kier molecular flexibility index (Phi) is 6.62. The maximum Gasteiger partial charge on any atom is 0.266 e. The molecule has 0 aliphatic rings. The average molecular weight is 381 g/mol. The molecular weight excluding hydrogens is 358 g/mol. The molecule has 0 saturated carbocycles. The van der Waals surface area contributed by atoms with Crippen molar-refractivity contribution in [2.45, 2.75) is 32.9 Å². The Morgan fingerprint density at radius 3 is 2.71 bits per heavy atom. The van der Waals surface area contributed by atoms with Crippen molar-refractivity contribution in [1.29, 1.82) is 0 Å². The first-order chi connectivity index (χ1) is 13.7. The van der Waals surface area contributed by atoms with Crippen molar-refractivity contribution in [3.8, 4) is 17.0 Å². The van der Waals surface area contributed by atoms with Crippen LogP contribution in [0.25, 0.3) is 11.3 Å². The molecule has 2 heterocycles. The number of ether oxygens (including phenoxy) is 1. The summed E-state index contributed by atoms with van der Waals surface area (Å²) in [7, 11) is 0. The van der Waals surface area contributed by atoms with E-state index in [0.717, 1.165) is 11.3 Å². The fraction of sp³-hybridized carbons (Fsp3) is 0.286. The van der Waals surface area contributed by atoms with Crippen LogP contribution in [0.1, 0.15) is 25.5 Å². The molecular formula is C21H23N3O4. The molecule has 0 atom stereocenters. The van der Waals surface area contributed by atoms with E-state index in [1.807, 2.05) is 31.2 Å². The molecule has 0 aliphatic carbocycles. The Morgan fingerprint density at radius 2 is 2.00 bits per heavy atom. The van der Waals surface area contributed by atoms with Crippen LogP contribution in [0.2, 0.25) is 0 Å². The van der Waals surface area contributed by atoms with E-state index in [1.165, 1.54) is 10.7 Å². The highest BCUT2D eigenvalue weighted by molar-refractivity contribution is 5.75. The number of nitrogens with zero attached hydrogens (tertiary/aromatic N) is 2. The van der Waals surface area contributed by atoms with E-state index in [1.54, 1.807) is 24.5 Å². The normalized spacial score (nSPS) is 10.6. The average Bonchev–Trinajstić information content (AvgIpc) is 3.22. The molecule has 1 aromatic carbocycles. The molecule has 3 aromatic rings. The summed E-state index contributed by atoms with van der Waals surface area (Å²) < 4.78 is 12.0. The molecule has 1 N–H and O–H groups in total. The number of benzene rings is 1. The second-order valence-electron chi connectivity index (χ2n) is 6.20. The Balaban J connectivity index is 1.55. The van der Waals surface area contributed by atoms with Gasteiger partial charge >= 0.3 is 0 Å². The third-order valence-electron chi connectivity index (χ3n) is 4.14. The molecule has 28 heavy (non-hydrogen) atoms. The predicted molar refractivity (Wildman–Crippen MR) is 105 cm³/mol. The maximum absolute atomic E-state index is 12.1. The summed E-state index contributed by atoms with van der Waals surface area (Å²) >= 11 is 0. The lowest BCUT2D eigenvalue weighted by Crippen LogP contribution is -2.25. The van der Waals surface area contributed by atoms with Gasteiger partial charge in [-0.2, -0.15) is 5.10 Å². The molecule has 7 heteroatoms. The van der Waals surface area contributed by atoms with Gasteiger partial charge in [0, 0.05) is 24.6 Å². The van der Waals surface area contributed by atoms with E-state index in [0.29, 0.717) is 44.0 Å². The van der Waals surface area contributed by atoms with Gasteiger partial charge in [-0.3, -0.25) is 9.59 Å². The molecule has 0 radical (unpaired) electrons. The molecule has 7 nitrogen and oxygen atoms in total. The number of amides is 1. The highest BCUT2D eigenvalue weighted by atomic mass is 16.5. The van der Waals surface area contributed by atoms with Gasteiger partial charge in [0.25, 0.3) is 5.56 Å². The molecule has 0 unspecified atom stereocenters. The zero-order valence-corrected chi connectivity index (χ0v) is 15.8. The zero-order valence-electron chi connectivity index (χ0n) is 15.8. The van der Waals surface area contributed by atoms with Crippen molar-refractivity contribution >= 4 is 5.91 Å². The second-order valence-corrected chi connectivity index (χ2v) is 6.20. The van der Waals surface area contributed by atoms with Crippen LogP contribution in [-0.2, 0) is 17.9 Å². The Labute approximate surface area is 162 Å². The monoisotopic (exact) mass is 381 g/mol. The highest BCUT2D eigenvalue weighted by Crippen LogP contribution is 2.19. The minimum Gasteiger partial charge on any atom is -0.494 e. The van der Waals surface area contributed by atoms with Crippen LogP contribution in [-0.4, -0.2) is 22.3 Å².